The van der Waals surface area contributed by atoms with Crippen molar-refractivity contribution in [3.8, 4) is 6.07 Å². The number of fused-ring (bicyclic) bond motifs is 2. The molecule has 2 aliphatic carbocycles. The summed E-state index contributed by atoms with van der Waals surface area (Å²) in [5.41, 5.74) is 1.43. The van der Waals surface area contributed by atoms with Gasteiger partial charge in [0.1, 0.15) is 5.69 Å². The fourth-order valence-corrected chi connectivity index (χ4v) is 7.58. The van der Waals surface area contributed by atoms with Gasteiger partial charge >= 0.3 is 0 Å². The van der Waals surface area contributed by atoms with Crippen LogP contribution in [0.3, 0.4) is 0 Å². The maximum Gasteiger partial charge on any atom is 0.274 e. The molecule has 35 heavy (non-hydrogen) atoms. The molecular weight excluding hydrogens is 462 g/mol. The third kappa shape index (κ3) is 4.62. The van der Waals surface area contributed by atoms with Crippen molar-refractivity contribution in [3.63, 3.8) is 0 Å². The van der Waals surface area contributed by atoms with E-state index in [4.69, 9.17) is 10.2 Å². The first kappa shape index (κ1) is 25.4. The van der Waals surface area contributed by atoms with E-state index in [0.29, 0.717) is 23.8 Å². The van der Waals surface area contributed by atoms with Crippen molar-refractivity contribution in [3.05, 3.63) is 34.6 Å². The number of nitrogens with one attached hydrogen (secondary N) is 1. The third-order valence-corrected chi connectivity index (χ3v) is 9.27. The quantitative estimate of drug-likeness (QED) is 0.631. The number of carbonyl (C=O) groups excluding carboxylic acids is 2. The summed E-state index contributed by atoms with van der Waals surface area (Å²) in [6, 6.07) is 5.69. The zero-order chi connectivity index (χ0) is 25.5. The van der Waals surface area contributed by atoms with Crippen molar-refractivity contribution >= 4 is 28.3 Å². The van der Waals surface area contributed by atoms with Gasteiger partial charge in [-0.05, 0) is 48.6 Å². The molecule has 8 nitrogen and oxygen atoms in total. The predicted octanol–water partition coefficient (Wildman–Crippen LogP) is 3.80. The second-order valence-corrected chi connectivity index (χ2v) is 11.7. The number of anilines is 1. The highest BCUT2D eigenvalue weighted by Crippen LogP contribution is 2.57. The number of nitriles is 1. The summed E-state index contributed by atoms with van der Waals surface area (Å²) in [4.78, 5) is 33.3. The lowest BCUT2D eigenvalue weighted by Gasteiger charge is -2.53. The van der Waals surface area contributed by atoms with Crippen molar-refractivity contribution < 1.29 is 14.7 Å². The van der Waals surface area contributed by atoms with Gasteiger partial charge in [-0.3, -0.25) is 14.9 Å². The summed E-state index contributed by atoms with van der Waals surface area (Å²) in [5.74, 6) is -0.667. The average Bonchev–Trinajstić information content (AvgIpc) is 3.41. The molecule has 0 unspecified atom stereocenters. The molecule has 2 aromatic rings. The molecule has 9 heteroatoms. The van der Waals surface area contributed by atoms with Crippen LogP contribution in [0.25, 0.3) is 0 Å². The highest BCUT2D eigenvalue weighted by atomic mass is 32.1. The van der Waals surface area contributed by atoms with E-state index in [9.17, 15) is 14.7 Å². The number of thiazole rings is 1. The SMILES string of the molecule is C[C@H](C(=O)N(C)CCC#N)[C@H]1CC[C@@]2(C)Cc3sc(NC(=O)c4cccn4C)nc3[C@@H](C)[C@@H]2[C@H]1O. The number of amides is 2. The second kappa shape index (κ2) is 9.75. The van der Waals surface area contributed by atoms with Gasteiger partial charge in [-0.15, -0.1) is 11.3 Å². The number of aliphatic hydroxyl groups excluding tert-OH is 1. The van der Waals surface area contributed by atoms with Crippen LogP contribution in [0.5, 0.6) is 0 Å². The Balaban J connectivity index is 1.53. The molecule has 2 amide bonds. The number of rotatable bonds is 6. The Bertz CT molecular complexity index is 1150. The molecule has 4 rings (SSSR count). The van der Waals surface area contributed by atoms with E-state index in [1.807, 2.05) is 26.2 Å². The summed E-state index contributed by atoms with van der Waals surface area (Å²) in [7, 11) is 3.56. The number of hydrogen-bond donors (Lipinski definition) is 2. The first-order chi connectivity index (χ1) is 16.6. The number of aryl methyl sites for hydroxylation is 1. The lowest BCUT2D eigenvalue weighted by Crippen LogP contribution is -2.53. The van der Waals surface area contributed by atoms with Crippen LogP contribution in [0.1, 0.15) is 67.0 Å². The van der Waals surface area contributed by atoms with Crippen molar-refractivity contribution in [1.82, 2.24) is 14.5 Å². The smallest absolute Gasteiger partial charge is 0.274 e. The average molecular weight is 498 g/mol. The zero-order valence-corrected chi connectivity index (χ0v) is 21.9. The van der Waals surface area contributed by atoms with E-state index in [1.54, 1.807) is 22.6 Å². The van der Waals surface area contributed by atoms with Crippen LogP contribution in [-0.2, 0) is 18.3 Å². The predicted molar refractivity (Wildman–Crippen MR) is 135 cm³/mol. The molecule has 2 aromatic heterocycles. The Morgan fingerprint density at radius 3 is 2.89 bits per heavy atom. The van der Waals surface area contributed by atoms with Crippen LogP contribution in [0.4, 0.5) is 5.13 Å². The van der Waals surface area contributed by atoms with Crippen LogP contribution in [0.15, 0.2) is 18.3 Å². The van der Waals surface area contributed by atoms with Crippen molar-refractivity contribution in [2.24, 2.45) is 30.2 Å². The minimum atomic E-state index is -0.622. The van der Waals surface area contributed by atoms with Gasteiger partial charge in [0.25, 0.3) is 5.91 Å². The van der Waals surface area contributed by atoms with Crippen molar-refractivity contribution in [2.45, 2.75) is 58.5 Å². The summed E-state index contributed by atoms with van der Waals surface area (Å²) < 4.78 is 1.78. The van der Waals surface area contributed by atoms with Gasteiger partial charge in [0.15, 0.2) is 5.13 Å². The molecule has 1 saturated carbocycles. The lowest BCUT2D eigenvalue weighted by atomic mass is 9.53. The van der Waals surface area contributed by atoms with Crippen LogP contribution in [0.2, 0.25) is 0 Å². The molecule has 2 aliphatic rings. The van der Waals surface area contributed by atoms with E-state index in [2.05, 4.69) is 25.2 Å². The molecule has 2 heterocycles. The molecule has 0 radical (unpaired) electrons. The van der Waals surface area contributed by atoms with E-state index in [0.717, 1.165) is 25.0 Å². The molecule has 0 bridgehead atoms. The maximum absolute atomic E-state index is 13.0. The Kier molecular flexibility index (Phi) is 7.07. The summed E-state index contributed by atoms with van der Waals surface area (Å²) in [6.45, 7) is 6.66. The molecular formula is C26H35N5O3S. The highest BCUT2D eigenvalue weighted by Gasteiger charge is 2.54. The number of aliphatic hydroxyl groups is 1. The standard InChI is InChI=1S/C26H35N5O3S/c1-15(24(34)31(5)13-7-11-27)17-9-10-26(3)14-19-21(16(2)20(26)22(17)32)28-25(35-19)29-23(33)18-8-6-12-30(18)4/h6,8,12,15-17,20,22,32H,7,9-10,13-14H2,1-5H3,(H,28,29,33)/t15-,16-,17+,20+,22-,26-/m0/s1. The van der Waals surface area contributed by atoms with E-state index in [1.165, 1.54) is 16.2 Å². The summed E-state index contributed by atoms with van der Waals surface area (Å²) in [6.07, 6.45) is 4.03. The third-order valence-electron chi connectivity index (χ3n) is 8.29. The zero-order valence-electron chi connectivity index (χ0n) is 21.1. The monoisotopic (exact) mass is 497 g/mol. The summed E-state index contributed by atoms with van der Waals surface area (Å²) >= 11 is 1.53. The van der Waals surface area contributed by atoms with Gasteiger partial charge in [-0.2, -0.15) is 5.26 Å². The minimum absolute atomic E-state index is 0.0112. The van der Waals surface area contributed by atoms with Gasteiger partial charge in [-0.25, -0.2) is 4.98 Å². The second-order valence-electron chi connectivity index (χ2n) is 10.6. The minimum Gasteiger partial charge on any atom is -0.392 e. The van der Waals surface area contributed by atoms with E-state index in [-0.39, 0.29) is 40.9 Å². The Hall–Kier alpha value is -2.70. The first-order valence-electron chi connectivity index (χ1n) is 12.3. The molecule has 0 aromatic carbocycles. The number of carbonyl (C=O) groups is 2. The molecule has 6 atom stereocenters. The van der Waals surface area contributed by atoms with Crippen LogP contribution < -0.4 is 5.32 Å². The molecule has 1 fully saturated rings. The highest BCUT2D eigenvalue weighted by molar-refractivity contribution is 7.15. The summed E-state index contributed by atoms with van der Waals surface area (Å²) in [5, 5.41) is 24.0. The first-order valence-corrected chi connectivity index (χ1v) is 13.1. The number of hydrogen-bond acceptors (Lipinski definition) is 6. The fraction of sp³-hybridized carbons (Fsp3) is 0.615. The van der Waals surface area contributed by atoms with E-state index < -0.39 is 6.10 Å². The van der Waals surface area contributed by atoms with Gasteiger partial charge in [0, 0.05) is 43.5 Å². The Morgan fingerprint density at radius 2 is 2.23 bits per heavy atom. The molecule has 0 aliphatic heterocycles. The molecule has 0 spiro atoms. The van der Waals surface area contributed by atoms with Crippen LogP contribution in [-0.4, -0.2) is 51.1 Å². The van der Waals surface area contributed by atoms with Crippen LogP contribution in [0, 0.1) is 34.5 Å². The van der Waals surface area contributed by atoms with Crippen molar-refractivity contribution in [2.75, 3.05) is 18.9 Å². The number of nitrogens with zero attached hydrogens (tertiary/aromatic N) is 4. The maximum atomic E-state index is 13.0. The molecule has 2 N–H and O–H groups in total. The van der Waals surface area contributed by atoms with Gasteiger partial charge in [0.2, 0.25) is 5.91 Å². The van der Waals surface area contributed by atoms with Gasteiger partial charge < -0.3 is 14.6 Å². The van der Waals surface area contributed by atoms with Gasteiger partial charge in [-0.1, -0.05) is 20.8 Å². The fourth-order valence-electron chi connectivity index (χ4n) is 6.32. The molecule has 188 valence electrons. The van der Waals surface area contributed by atoms with E-state index >= 15 is 0 Å². The molecule has 0 saturated heterocycles. The van der Waals surface area contributed by atoms with Crippen LogP contribution >= 0.6 is 11.3 Å². The Morgan fingerprint density at radius 1 is 1.49 bits per heavy atom. The topological polar surface area (TPSA) is 111 Å². The van der Waals surface area contributed by atoms with Gasteiger partial charge in [0.05, 0.1) is 24.3 Å². The number of aromatic nitrogens is 2. The largest absolute Gasteiger partial charge is 0.392 e. The Labute approximate surface area is 211 Å². The normalized spacial score (nSPS) is 28.4. The lowest BCUT2D eigenvalue weighted by molar-refractivity contribution is -0.143. The van der Waals surface area contributed by atoms with Crippen molar-refractivity contribution in [1.29, 1.82) is 5.26 Å².